The van der Waals surface area contributed by atoms with E-state index in [2.05, 4.69) is 14.8 Å². The Bertz CT molecular complexity index is 624. The van der Waals surface area contributed by atoms with Gasteiger partial charge in [0.25, 0.3) is 0 Å². The van der Waals surface area contributed by atoms with Gasteiger partial charge in [-0.3, -0.25) is 9.47 Å². The molecule has 7 heteroatoms. The summed E-state index contributed by atoms with van der Waals surface area (Å²) in [6.45, 7) is 0.820. The van der Waals surface area contributed by atoms with E-state index in [4.69, 9.17) is 0 Å². The predicted octanol–water partition coefficient (Wildman–Crippen LogP) is 2.31. The van der Waals surface area contributed by atoms with Crippen LogP contribution in [0, 0.1) is 0 Å². The van der Waals surface area contributed by atoms with Crippen LogP contribution in [0.2, 0.25) is 0 Å². The maximum absolute atomic E-state index is 12.8. The lowest BCUT2D eigenvalue weighted by Gasteiger charge is -2.36. The molecule has 1 N–H and O–H groups in total. The van der Waals surface area contributed by atoms with E-state index in [1.165, 1.54) is 12.4 Å². The van der Waals surface area contributed by atoms with Gasteiger partial charge in [0.2, 0.25) is 0 Å². The first-order chi connectivity index (χ1) is 10.6. The number of halogens is 2. The highest BCUT2D eigenvalue weighted by atomic mass is 19.3. The quantitative estimate of drug-likeness (QED) is 0.941. The minimum atomic E-state index is -2.56. The second kappa shape index (κ2) is 6.31. The number of rotatable bonds is 4. The number of hydrogen-bond acceptors (Lipinski definition) is 4. The van der Waals surface area contributed by atoms with E-state index in [0.29, 0.717) is 12.4 Å². The van der Waals surface area contributed by atoms with E-state index in [1.54, 1.807) is 12.1 Å². The zero-order valence-electron chi connectivity index (χ0n) is 12.1. The monoisotopic (exact) mass is 308 g/mol. The third-order valence-corrected chi connectivity index (χ3v) is 3.92. The Morgan fingerprint density at radius 3 is 2.55 bits per heavy atom. The second-order valence-corrected chi connectivity index (χ2v) is 5.28. The molecule has 1 saturated heterocycles. The smallest absolute Gasteiger partial charge is 0.319 e. The highest BCUT2D eigenvalue weighted by Gasteiger charge is 2.21. The number of phenolic OH excluding ortho intramolecular Hbond substituents is 1. The zero-order chi connectivity index (χ0) is 15.5. The van der Waals surface area contributed by atoms with Crippen LogP contribution < -0.4 is 4.90 Å². The normalized spacial score (nSPS) is 16.4. The van der Waals surface area contributed by atoms with Crippen LogP contribution in [0.4, 0.5) is 14.5 Å². The molecular weight excluding hydrogens is 290 g/mol. The Morgan fingerprint density at radius 1 is 1.14 bits per heavy atom. The Labute approximate surface area is 127 Å². The number of aromatic hydroxyl groups is 1. The fourth-order valence-electron chi connectivity index (χ4n) is 2.72. The van der Waals surface area contributed by atoms with Crippen molar-refractivity contribution in [2.24, 2.45) is 0 Å². The number of imidazole rings is 1. The van der Waals surface area contributed by atoms with Gasteiger partial charge in [0.15, 0.2) is 0 Å². The summed E-state index contributed by atoms with van der Waals surface area (Å²) in [5.41, 5.74) is 0.816. The number of piperazine rings is 1. The summed E-state index contributed by atoms with van der Waals surface area (Å²) in [7, 11) is 0. The van der Waals surface area contributed by atoms with Crippen molar-refractivity contribution in [2.75, 3.05) is 31.1 Å². The minimum Gasteiger partial charge on any atom is -0.506 e. The summed E-state index contributed by atoms with van der Waals surface area (Å²) in [5.74, 6) is 0.648. The average molecular weight is 308 g/mol. The van der Waals surface area contributed by atoms with Crippen LogP contribution in [0.1, 0.15) is 12.4 Å². The highest BCUT2D eigenvalue weighted by molar-refractivity contribution is 5.57. The fraction of sp³-hybridized carbons (Fsp3) is 0.400. The number of nitrogens with zero attached hydrogens (tertiary/aromatic N) is 4. The molecule has 0 amide bonds. The summed E-state index contributed by atoms with van der Waals surface area (Å²) >= 11 is 0. The number of alkyl halides is 2. The summed E-state index contributed by atoms with van der Waals surface area (Å²) < 4.78 is 26.5. The molecule has 118 valence electrons. The van der Waals surface area contributed by atoms with Crippen molar-refractivity contribution in [1.29, 1.82) is 0 Å². The lowest BCUT2D eigenvalue weighted by molar-refractivity contribution is 0.0636. The van der Waals surface area contributed by atoms with Gasteiger partial charge in [-0.2, -0.15) is 8.78 Å². The SMILES string of the molecule is Oc1ccccc1N1CCN(Cc2nccn2C(F)F)CC1. The standard InChI is InChI=1S/C15H18F2N4O/c16-15(17)21-6-5-18-14(21)11-19-7-9-20(10-8-19)12-3-1-2-4-13(12)22/h1-6,15,22H,7-11H2. The molecule has 0 spiro atoms. The van der Waals surface area contributed by atoms with Crippen molar-refractivity contribution in [1.82, 2.24) is 14.5 Å². The molecule has 5 nitrogen and oxygen atoms in total. The largest absolute Gasteiger partial charge is 0.506 e. The van der Waals surface area contributed by atoms with Crippen molar-refractivity contribution in [3.63, 3.8) is 0 Å². The van der Waals surface area contributed by atoms with Crippen LogP contribution in [-0.4, -0.2) is 45.7 Å². The van der Waals surface area contributed by atoms with Crippen LogP contribution in [0.3, 0.4) is 0 Å². The number of benzene rings is 1. The Balaban J connectivity index is 1.60. The molecule has 2 aromatic rings. The van der Waals surface area contributed by atoms with Crippen LogP contribution in [0.25, 0.3) is 0 Å². The summed E-state index contributed by atoms with van der Waals surface area (Å²) in [5, 5.41) is 9.88. The predicted molar refractivity (Wildman–Crippen MR) is 79.1 cm³/mol. The van der Waals surface area contributed by atoms with E-state index in [9.17, 15) is 13.9 Å². The Kier molecular flexibility index (Phi) is 4.24. The van der Waals surface area contributed by atoms with E-state index in [1.807, 2.05) is 12.1 Å². The molecule has 1 aromatic carbocycles. The van der Waals surface area contributed by atoms with Crippen LogP contribution in [0.5, 0.6) is 5.75 Å². The lowest BCUT2D eigenvalue weighted by atomic mass is 10.2. The van der Waals surface area contributed by atoms with E-state index < -0.39 is 6.55 Å². The van der Waals surface area contributed by atoms with Crippen molar-refractivity contribution in [3.05, 3.63) is 42.5 Å². The molecule has 0 bridgehead atoms. The molecule has 2 heterocycles. The first-order valence-corrected chi connectivity index (χ1v) is 7.20. The molecule has 1 aliphatic rings. The van der Waals surface area contributed by atoms with Crippen LogP contribution >= 0.6 is 0 Å². The van der Waals surface area contributed by atoms with Crippen molar-refractivity contribution in [2.45, 2.75) is 13.1 Å². The van der Waals surface area contributed by atoms with Crippen molar-refractivity contribution >= 4 is 5.69 Å². The second-order valence-electron chi connectivity index (χ2n) is 5.28. The number of para-hydroxylation sites is 2. The molecule has 0 saturated carbocycles. The highest BCUT2D eigenvalue weighted by Crippen LogP contribution is 2.27. The number of anilines is 1. The van der Waals surface area contributed by atoms with Crippen LogP contribution in [-0.2, 0) is 6.54 Å². The van der Waals surface area contributed by atoms with Crippen molar-refractivity contribution < 1.29 is 13.9 Å². The molecule has 0 aliphatic carbocycles. The van der Waals surface area contributed by atoms with Gasteiger partial charge in [-0.1, -0.05) is 12.1 Å². The summed E-state index contributed by atoms with van der Waals surface area (Å²) in [6.07, 6.45) is 2.71. The van der Waals surface area contributed by atoms with E-state index in [-0.39, 0.29) is 5.75 Å². The first-order valence-electron chi connectivity index (χ1n) is 7.20. The summed E-state index contributed by atoms with van der Waals surface area (Å²) in [6, 6.07) is 7.23. The van der Waals surface area contributed by atoms with Crippen LogP contribution in [0.15, 0.2) is 36.7 Å². The Hall–Kier alpha value is -2.15. The molecule has 1 fully saturated rings. The lowest BCUT2D eigenvalue weighted by Crippen LogP contribution is -2.46. The molecule has 1 aliphatic heterocycles. The van der Waals surface area contributed by atoms with Gasteiger partial charge < -0.3 is 10.0 Å². The maximum atomic E-state index is 12.8. The molecular formula is C15H18F2N4O. The van der Waals surface area contributed by atoms with Gasteiger partial charge >= 0.3 is 6.55 Å². The molecule has 22 heavy (non-hydrogen) atoms. The topological polar surface area (TPSA) is 44.5 Å². The average Bonchev–Trinajstić information content (AvgIpc) is 2.97. The maximum Gasteiger partial charge on any atom is 0.319 e. The molecule has 0 atom stereocenters. The van der Waals surface area contributed by atoms with Gasteiger partial charge in [0, 0.05) is 38.6 Å². The molecule has 1 aromatic heterocycles. The number of aromatic nitrogens is 2. The molecule has 0 radical (unpaired) electrons. The van der Waals surface area contributed by atoms with E-state index >= 15 is 0 Å². The fourth-order valence-corrected chi connectivity index (χ4v) is 2.72. The van der Waals surface area contributed by atoms with Gasteiger partial charge in [-0.15, -0.1) is 0 Å². The van der Waals surface area contributed by atoms with Gasteiger partial charge in [-0.25, -0.2) is 4.98 Å². The molecule has 0 unspecified atom stereocenters. The zero-order valence-corrected chi connectivity index (χ0v) is 12.1. The minimum absolute atomic E-state index is 0.268. The van der Waals surface area contributed by atoms with Gasteiger partial charge in [0.05, 0.1) is 12.2 Å². The molecule has 3 rings (SSSR count). The number of hydrogen-bond donors (Lipinski definition) is 1. The van der Waals surface area contributed by atoms with Gasteiger partial charge in [0.1, 0.15) is 11.6 Å². The Morgan fingerprint density at radius 2 is 1.86 bits per heavy atom. The van der Waals surface area contributed by atoms with E-state index in [0.717, 1.165) is 36.4 Å². The first kappa shape index (κ1) is 14.8. The number of phenols is 1. The van der Waals surface area contributed by atoms with Gasteiger partial charge in [-0.05, 0) is 12.1 Å². The third kappa shape index (κ3) is 3.04. The summed E-state index contributed by atoms with van der Waals surface area (Å²) in [4.78, 5) is 8.21. The van der Waals surface area contributed by atoms with Crippen molar-refractivity contribution in [3.8, 4) is 5.75 Å². The third-order valence-electron chi connectivity index (χ3n) is 3.92.